The molecule has 0 aromatic rings. The second-order valence-electron chi connectivity index (χ2n) is 4.37. The SMILES string of the molecule is CC(=O)N1CC[C@H]2O[C@H](CO)[C@H](O)[C@H](O)[C@H]21. The molecule has 2 aliphatic heterocycles. The third kappa shape index (κ3) is 1.71. The predicted octanol–water partition coefficient (Wildman–Crippen LogP) is -1.91. The van der Waals surface area contributed by atoms with Crippen molar-refractivity contribution in [1.29, 1.82) is 0 Å². The van der Waals surface area contributed by atoms with Gasteiger partial charge in [-0.1, -0.05) is 0 Å². The fraction of sp³-hybridized carbons (Fsp3) is 0.900. The predicted molar refractivity (Wildman–Crippen MR) is 53.6 cm³/mol. The van der Waals surface area contributed by atoms with Gasteiger partial charge >= 0.3 is 0 Å². The molecule has 3 N–H and O–H groups in total. The molecule has 2 aliphatic rings. The third-order valence-electron chi connectivity index (χ3n) is 3.41. The van der Waals surface area contributed by atoms with Crippen LogP contribution in [0, 0.1) is 0 Å². The maximum atomic E-state index is 11.3. The first-order valence-corrected chi connectivity index (χ1v) is 5.46. The van der Waals surface area contributed by atoms with Crippen molar-refractivity contribution in [3.05, 3.63) is 0 Å². The van der Waals surface area contributed by atoms with Crippen molar-refractivity contribution >= 4 is 5.91 Å². The summed E-state index contributed by atoms with van der Waals surface area (Å²) in [6.45, 7) is 1.62. The van der Waals surface area contributed by atoms with Crippen molar-refractivity contribution in [2.45, 2.75) is 43.8 Å². The minimum absolute atomic E-state index is 0.134. The van der Waals surface area contributed by atoms with E-state index in [2.05, 4.69) is 0 Å². The number of aliphatic hydroxyl groups is 3. The summed E-state index contributed by atoms with van der Waals surface area (Å²) < 4.78 is 5.47. The fourth-order valence-electron chi connectivity index (χ4n) is 2.59. The highest BCUT2D eigenvalue weighted by Gasteiger charge is 2.50. The van der Waals surface area contributed by atoms with Gasteiger partial charge in [-0.2, -0.15) is 0 Å². The Bertz CT molecular complexity index is 284. The molecule has 2 rings (SSSR count). The average Bonchev–Trinajstić information content (AvgIpc) is 2.67. The van der Waals surface area contributed by atoms with Gasteiger partial charge in [0.15, 0.2) is 0 Å². The number of ether oxygens (including phenoxy) is 1. The number of aliphatic hydroxyl groups excluding tert-OH is 3. The molecule has 0 spiro atoms. The van der Waals surface area contributed by atoms with Crippen molar-refractivity contribution in [2.24, 2.45) is 0 Å². The van der Waals surface area contributed by atoms with Gasteiger partial charge in [0.25, 0.3) is 0 Å². The fourth-order valence-corrected chi connectivity index (χ4v) is 2.59. The number of carbonyl (C=O) groups is 1. The van der Waals surface area contributed by atoms with Gasteiger partial charge in [-0.3, -0.25) is 4.79 Å². The van der Waals surface area contributed by atoms with Gasteiger partial charge in [-0.15, -0.1) is 0 Å². The quantitative estimate of drug-likeness (QED) is 0.490. The Morgan fingerprint density at radius 2 is 2.12 bits per heavy atom. The molecule has 92 valence electrons. The summed E-state index contributed by atoms with van der Waals surface area (Å²) in [6.07, 6.45) is -2.62. The van der Waals surface area contributed by atoms with Crippen molar-refractivity contribution in [2.75, 3.05) is 13.2 Å². The highest BCUT2D eigenvalue weighted by molar-refractivity contribution is 5.74. The van der Waals surface area contributed by atoms with Gasteiger partial charge in [0.05, 0.1) is 18.8 Å². The van der Waals surface area contributed by atoms with Crippen LogP contribution in [0.25, 0.3) is 0 Å². The van der Waals surface area contributed by atoms with Crippen LogP contribution in [0.15, 0.2) is 0 Å². The molecule has 2 saturated heterocycles. The molecular formula is C10H17NO5. The van der Waals surface area contributed by atoms with E-state index in [9.17, 15) is 15.0 Å². The van der Waals surface area contributed by atoms with E-state index in [4.69, 9.17) is 9.84 Å². The van der Waals surface area contributed by atoms with Gasteiger partial charge in [-0.25, -0.2) is 0 Å². The Hall–Kier alpha value is -0.690. The number of nitrogens with zero attached hydrogens (tertiary/aromatic N) is 1. The summed E-state index contributed by atoms with van der Waals surface area (Å²) in [4.78, 5) is 12.9. The number of hydrogen-bond acceptors (Lipinski definition) is 5. The lowest BCUT2D eigenvalue weighted by molar-refractivity contribution is -0.198. The number of hydrogen-bond donors (Lipinski definition) is 3. The number of likely N-dealkylation sites (tertiary alicyclic amines) is 1. The second-order valence-corrected chi connectivity index (χ2v) is 4.37. The Balaban J connectivity index is 2.17. The van der Waals surface area contributed by atoms with Crippen LogP contribution in [-0.4, -0.2) is 69.7 Å². The van der Waals surface area contributed by atoms with E-state index in [1.54, 1.807) is 0 Å². The largest absolute Gasteiger partial charge is 0.394 e. The van der Waals surface area contributed by atoms with Crippen LogP contribution in [0.2, 0.25) is 0 Å². The molecule has 1 amide bonds. The van der Waals surface area contributed by atoms with Crippen LogP contribution in [0.3, 0.4) is 0 Å². The standard InChI is InChI=1S/C10H17NO5/c1-5(13)11-3-2-6-8(11)10(15)9(14)7(4-12)16-6/h6-10,12,14-15H,2-4H2,1H3/t6-,7-,8+,9+,10-/m1/s1. The monoisotopic (exact) mass is 231 g/mol. The Morgan fingerprint density at radius 3 is 2.69 bits per heavy atom. The van der Waals surface area contributed by atoms with Crippen molar-refractivity contribution in [3.63, 3.8) is 0 Å². The Morgan fingerprint density at radius 1 is 1.44 bits per heavy atom. The summed E-state index contributed by atoms with van der Waals surface area (Å²) in [5.74, 6) is -0.134. The van der Waals surface area contributed by atoms with E-state index < -0.39 is 24.4 Å². The lowest BCUT2D eigenvalue weighted by Gasteiger charge is -2.41. The summed E-state index contributed by atoms with van der Waals surface area (Å²) in [5.41, 5.74) is 0. The molecule has 0 saturated carbocycles. The first-order chi connectivity index (χ1) is 7.56. The van der Waals surface area contributed by atoms with Crippen LogP contribution in [0.4, 0.5) is 0 Å². The number of rotatable bonds is 1. The number of carbonyl (C=O) groups excluding carboxylic acids is 1. The lowest BCUT2D eigenvalue weighted by atomic mass is 9.93. The van der Waals surface area contributed by atoms with Crippen molar-refractivity contribution in [3.8, 4) is 0 Å². The van der Waals surface area contributed by atoms with Gasteiger partial charge in [0, 0.05) is 13.5 Å². The van der Waals surface area contributed by atoms with E-state index in [1.807, 2.05) is 0 Å². The number of fused-ring (bicyclic) bond motifs is 1. The smallest absolute Gasteiger partial charge is 0.219 e. The van der Waals surface area contributed by atoms with Crippen LogP contribution in [0.1, 0.15) is 13.3 Å². The van der Waals surface area contributed by atoms with Crippen LogP contribution >= 0.6 is 0 Å². The molecule has 0 unspecified atom stereocenters. The second kappa shape index (κ2) is 4.29. The summed E-state index contributed by atoms with van der Waals surface area (Å²) in [6, 6.07) is -0.490. The highest BCUT2D eigenvalue weighted by atomic mass is 16.5. The molecular weight excluding hydrogens is 214 g/mol. The van der Waals surface area contributed by atoms with E-state index in [-0.39, 0.29) is 18.6 Å². The lowest BCUT2D eigenvalue weighted by Crippen LogP contribution is -2.61. The summed E-state index contributed by atoms with van der Waals surface area (Å²) in [5, 5.41) is 28.6. The van der Waals surface area contributed by atoms with Crippen molar-refractivity contribution in [1.82, 2.24) is 4.90 Å². The molecule has 2 heterocycles. The molecule has 16 heavy (non-hydrogen) atoms. The molecule has 0 aromatic carbocycles. The minimum atomic E-state index is -1.15. The average molecular weight is 231 g/mol. The normalized spacial score (nSPS) is 43.2. The van der Waals surface area contributed by atoms with Crippen LogP contribution in [-0.2, 0) is 9.53 Å². The van der Waals surface area contributed by atoms with Gasteiger partial charge in [0.2, 0.25) is 5.91 Å². The summed E-state index contributed by atoms with van der Waals surface area (Å²) in [7, 11) is 0. The number of amides is 1. The topological polar surface area (TPSA) is 90.2 Å². The van der Waals surface area contributed by atoms with E-state index in [0.29, 0.717) is 13.0 Å². The molecule has 0 bridgehead atoms. The van der Waals surface area contributed by atoms with Crippen molar-refractivity contribution < 1.29 is 24.9 Å². The maximum Gasteiger partial charge on any atom is 0.219 e. The van der Waals surface area contributed by atoms with Crippen LogP contribution in [0.5, 0.6) is 0 Å². The molecule has 2 fully saturated rings. The molecule has 5 atom stereocenters. The van der Waals surface area contributed by atoms with Gasteiger partial charge in [0.1, 0.15) is 18.3 Å². The van der Waals surface area contributed by atoms with E-state index in [1.165, 1.54) is 11.8 Å². The molecule has 0 radical (unpaired) electrons. The van der Waals surface area contributed by atoms with Gasteiger partial charge < -0.3 is 25.0 Å². The first-order valence-electron chi connectivity index (χ1n) is 5.46. The zero-order valence-corrected chi connectivity index (χ0v) is 9.11. The minimum Gasteiger partial charge on any atom is -0.394 e. The van der Waals surface area contributed by atoms with Crippen LogP contribution < -0.4 is 0 Å². The maximum absolute atomic E-state index is 11.3. The Labute approximate surface area is 93.4 Å². The first kappa shape index (κ1) is 11.8. The van der Waals surface area contributed by atoms with Gasteiger partial charge in [-0.05, 0) is 6.42 Å². The summed E-state index contributed by atoms with van der Waals surface area (Å²) >= 11 is 0. The molecule has 0 aliphatic carbocycles. The third-order valence-corrected chi connectivity index (χ3v) is 3.41. The molecule has 6 nitrogen and oxygen atoms in total. The van der Waals surface area contributed by atoms with E-state index in [0.717, 1.165) is 0 Å². The zero-order chi connectivity index (χ0) is 11.9. The zero-order valence-electron chi connectivity index (χ0n) is 9.11. The van der Waals surface area contributed by atoms with E-state index >= 15 is 0 Å². The molecule has 0 aromatic heterocycles. The highest BCUT2D eigenvalue weighted by Crippen LogP contribution is 2.31. The Kier molecular flexibility index (Phi) is 3.16. The molecule has 6 heteroatoms.